The highest BCUT2D eigenvalue weighted by Crippen LogP contribution is 2.29. The van der Waals surface area contributed by atoms with Gasteiger partial charge in [-0.25, -0.2) is 8.78 Å². The van der Waals surface area contributed by atoms with Gasteiger partial charge < -0.3 is 10.6 Å². The Balaban J connectivity index is 1.46. The van der Waals surface area contributed by atoms with Crippen molar-refractivity contribution in [3.63, 3.8) is 0 Å². The number of nitrogens with one attached hydrogen (secondary N) is 2. The van der Waals surface area contributed by atoms with E-state index in [1.807, 2.05) is 0 Å². The van der Waals surface area contributed by atoms with Gasteiger partial charge in [0.1, 0.15) is 17.3 Å². The molecule has 0 spiro atoms. The number of hydrogen-bond acceptors (Lipinski definition) is 3. The molecule has 6 heteroatoms. The Bertz CT molecular complexity index is 513. The normalized spacial score (nSPS) is 22.5. The van der Waals surface area contributed by atoms with Gasteiger partial charge in [0.25, 0.3) is 0 Å². The lowest BCUT2D eigenvalue weighted by Gasteiger charge is -2.15. The minimum atomic E-state index is -0.760. The predicted octanol–water partition coefficient (Wildman–Crippen LogP) is 1.73. The van der Waals surface area contributed by atoms with Crippen molar-refractivity contribution < 1.29 is 13.6 Å². The van der Waals surface area contributed by atoms with Crippen LogP contribution in [-0.2, 0) is 4.79 Å². The third kappa shape index (κ3) is 3.57. The van der Waals surface area contributed by atoms with E-state index in [9.17, 15) is 13.6 Å². The first-order valence-corrected chi connectivity index (χ1v) is 7.35. The molecule has 114 valence electrons. The molecule has 1 aromatic carbocycles. The Hall–Kier alpha value is -1.53. The van der Waals surface area contributed by atoms with Crippen molar-refractivity contribution in [3.8, 4) is 0 Å². The minimum Gasteiger partial charge on any atom is -0.320 e. The minimum absolute atomic E-state index is 0.0664. The number of likely N-dealkylation sites (tertiary alicyclic amines) is 1. The van der Waals surface area contributed by atoms with Crippen LogP contribution in [0.3, 0.4) is 0 Å². The molecule has 2 fully saturated rings. The van der Waals surface area contributed by atoms with Gasteiger partial charge in [-0.1, -0.05) is 6.07 Å². The lowest BCUT2D eigenvalue weighted by atomic mass is 10.2. The van der Waals surface area contributed by atoms with Crippen LogP contribution in [0.15, 0.2) is 18.2 Å². The lowest BCUT2D eigenvalue weighted by molar-refractivity contribution is -0.115. The highest BCUT2D eigenvalue weighted by Gasteiger charge is 2.34. The standard InChI is InChI=1S/C15H19F2N3O/c16-12-2-1-3-13(17)15(12)19-14(21)8-18-10-6-7-20(9-10)11-4-5-11/h1-3,10-11,18H,4-9H2,(H,19,21). The monoisotopic (exact) mass is 295 g/mol. The van der Waals surface area contributed by atoms with Crippen LogP contribution >= 0.6 is 0 Å². The maximum atomic E-state index is 13.4. The number of hydrogen-bond donors (Lipinski definition) is 2. The van der Waals surface area contributed by atoms with Crippen molar-refractivity contribution in [2.75, 3.05) is 25.0 Å². The number of carbonyl (C=O) groups is 1. The first kappa shape index (κ1) is 14.4. The van der Waals surface area contributed by atoms with Gasteiger partial charge >= 0.3 is 0 Å². The van der Waals surface area contributed by atoms with E-state index in [2.05, 4.69) is 15.5 Å². The zero-order chi connectivity index (χ0) is 14.8. The van der Waals surface area contributed by atoms with Gasteiger partial charge in [0.05, 0.1) is 6.54 Å². The van der Waals surface area contributed by atoms with Crippen molar-refractivity contribution >= 4 is 11.6 Å². The van der Waals surface area contributed by atoms with Crippen LogP contribution in [0.4, 0.5) is 14.5 Å². The zero-order valence-corrected chi connectivity index (χ0v) is 11.7. The molecule has 1 saturated heterocycles. The molecule has 1 heterocycles. The third-order valence-corrected chi connectivity index (χ3v) is 4.06. The summed E-state index contributed by atoms with van der Waals surface area (Å²) < 4.78 is 26.8. The molecule has 4 nitrogen and oxygen atoms in total. The summed E-state index contributed by atoms with van der Waals surface area (Å²) in [4.78, 5) is 14.2. The SMILES string of the molecule is O=C(CNC1CCN(C2CC2)C1)Nc1c(F)cccc1F. The van der Waals surface area contributed by atoms with E-state index in [0.29, 0.717) is 0 Å². The molecular formula is C15H19F2N3O. The van der Waals surface area contributed by atoms with Gasteiger partial charge in [0, 0.05) is 25.2 Å². The summed E-state index contributed by atoms with van der Waals surface area (Å²) in [7, 11) is 0. The Morgan fingerprint density at radius 3 is 2.62 bits per heavy atom. The van der Waals surface area contributed by atoms with Crippen LogP contribution in [0.25, 0.3) is 0 Å². The van der Waals surface area contributed by atoms with Crippen LogP contribution in [-0.4, -0.2) is 42.5 Å². The van der Waals surface area contributed by atoms with E-state index in [1.165, 1.54) is 18.9 Å². The van der Waals surface area contributed by atoms with Gasteiger partial charge in [-0.2, -0.15) is 0 Å². The fraction of sp³-hybridized carbons (Fsp3) is 0.533. The first-order chi connectivity index (χ1) is 10.1. The van der Waals surface area contributed by atoms with Crippen LogP contribution in [0.5, 0.6) is 0 Å². The fourth-order valence-electron chi connectivity index (χ4n) is 2.76. The van der Waals surface area contributed by atoms with Gasteiger partial charge in [-0.3, -0.25) is 9.69 Å². The quantitative estimate of drug-likeness (QED) is 0.869. The van der Waals surface area contributed by atoms with E-state index in [0.717, 1.165) is 37.7 Å². The van der Waals surface area contributed by atoms with Gasteiger partial charge in [0.2, 0.25) is 5.91 Å². The van der Waals surface area contributed by atoms with Gasteiger partial charge in [0.15, 0.2) is 0 Å². The largest absolute Gasteiger partial charge is 0.320 e. The second kappa shape index (κ2) is 6.07. The average Bonchev–Trinajstić information content (AvgIpc) is 3.20. The van der Waals surface area contributed by atoms with E-state index < -0.39 is 17.5 Å². The summed E-state index contributed by atoms with van der Waals surface area (Å²) in [6.45, 7) is 2.08. The number of carbonyl (C=O) groups excluding carboxylic acids is 1. The number of halogens is 2. The first-order valence-electron chi connectivity index (χ1n) is 7.35. The van der Waals surface area contributed by atoms with Crippen molar-refractivity contribution in [2.45, 2.75) is 31.3 Å². The summed E-state index contributed by atoms with van der Waals surface area (Å²) in [5.41, 5.74) is -0.379. The molecule has 0 bridgehead atoms. The van der Waals surface area contributed by atoms with Crippen LogP contribution < -0.4 is 10.6 Å². The molecule has 2 N–H and O–H groups in total. The molecule has 0 radical (unpaired) electrons. The summed E-state index contributed by atoms with van der Waals surface area (Å²) >= 11 is 0. The van der Waals surface area contributed by atoms with Crippen LogP contribution in [0.2, 0.25) is 0 Å². The molecule has 1 aliphatic heterocycles. The lowest BCUT2D eigenvalue weighted by Crippen LogP contribution is -2.38. The fourth-order valence-corrected chi connectivity index (χ4v) is 2.76. The van der Waals surface area contributed by atoms with Gasteiger partial charge in [-0.15, -0.1) is 0 Å². The Morgan fingerprint density at radius 2 is 1.95 bits per heavy atom. The molecule has 3 rings (SSSR count). The number of rotatable bonds is 5. The number of amides is 1. The molecule has 1 saturated carbocycles. The number of para-hydroxylation sites is 1. The number of benzene rings is 1. The zero-order valence-electron chi connectivity index (χ0n) is 11.7. The van der Waals surface area contributed by atoms with Crippen molar-refractivity contribution in [1.82, 2.24) is 10.2 Å². The Morgan fingerprint density at radius 1 is 1.24 bits per heavy atom. The van der Waals surface area contributed by atoms with Crippen molar-refractivity contribution in [1.29, 1.82) is 0 Å². The number of anilines is 1. The predicted molar refractivity (Wildman–Crippen MR) is 76.0 cm³/mol. The maximum absolute atomic E-state index is 13.4. The van der Waals surface area contributed by atoms with E-state index >= 15 is 0 Å². The summed E-state index contributed by atoms with van der Waals surface area (Å²) in [5, 5.41) is 5.44. The van der Waals surface area contributed by atoms with Crippen LogP contribution in [0.1, 0.15) is 19.3 Å². The topological polar surface area (TPSA) is 44.4 Å². The third-order valence-electron chi connectivity index (χ3n) is 4.06. The van der Waals surface area contributed by atoms with E-state index in [1.54, 1.807) is 0 Å². The number of nitrogens with zero attached hydrogens (tertiary/aromatic N) is 1. The molecule has 1 unspecified atom stereocenters. The molecule has 1 aliphatic carbocycles. The smallest absolute Gasteiger partial charge is 0.238 e. The van der Waals surface area contributed by atoms with Crippen LogP contribution in [0, 0.1) is 11.6 Å². The molecular weight excluding hydrogens is 276 g/mol. The summed E-state index contributed by atoms with van der Waals surface area (Å²) in [6, 6.07) is 4.52. The maximum Gasteiger partial charge on any atom is 0.238 e. The van der Waals surface area contributed by atoms with E-state index in [-0.39, 0.29) is 18.3 Å². The van der Waals surface area contributed by atoms with E-state index in [4.69, 9.17) is 0 Å². The second-order valence-corrected chi connectivity index (χ2v) is 5.74. The molecule has 0 aromatic heterocycles. The Kier molecular flexibility index (Phi) is 4.17. The molecule has 21 heavy (non-hydrogen) atoms. The highest BCUT2D eigenvalue weighted by atomic mass is 19.1. The average molecular weight is 295 g/mol. The second-order valence-electron chi connectivity index (χ2n) is 5.74. The van der Waals surface area contributed by atoms with Gasteiger partial charge in [-0.05, 0) is 31.4 Å². The van der Waals surface area contributed by atoms with Crippen molar-refractivity contribution in [3.05, 3.63) is 29.8 Å². The summed E-state index contributed by atoms with van der Waals surface area (Å²) in [5.74, 6) is -1.95. The van der Waals surface area contributed by atoms with Crippen molar-refractivity contribution in [2.24, 2.45) is 0 Å². The molecule has 2 aliphatic rings. The molecule has 1 amide bonds. The highest BCUT2D eigenvalue weighted by molar-refractivity contribution is 5.92. The molecule has 1 atom stereocenters. The summed E-state index contributed by atoms with van der Waals surface area (Å²) in [6.07, 6.45) is 3.57. The Labute approximate surface area is 122 Å². The molecule has 1 aromatic rings.